The van der Waals surface area contributed by atoms with Gasteiger partial charge in [-0.25, -0.2) is 0 Å². The average Bonchev–Trinajstić information content (AvgIpc) is 2.65. The summed E-state index contributed by atoms with van der Waals surface area (Å²) in [6.07, 6.45) is 23.7. The lowest BCUT2D eigenvalue weighted by atomic mass is 10.0. The van der Waals surface area contributed by atoms with E-state index in [0.717, 1.165) is 13.0 Å². The second-order valence-electron chi connectivity index (χ2n) is 8.11. The van der Waals surface area contributed by atoms with Crippen molar-refractivity contribution in [2.45, 2.75) is 123 Å². The smallest absolute Gasteiger partial charge is 0.377 e. The molecule has 0 radical (unpaired) electrons. The summed E-state index contributed by atoms with van der Waals surface area (Å²) in [6.45, 7) is 5.57. The Morgan fingerprint density at radius 1 is 0.586 bits per heavy atom. The average molecular weight is 457 g/mol. The van der Waals surface area contributed by atoms with Crippen LogP contribution in [0.2, 0.25) is 0 Å². The van der Waals surface area contributed by atoms with E-state index in [1.54, 1.807) is 0 Å². The van der Waals surface area contributed by atoms with Crippen molar-refractivity contribution in [1.82, 2.24) is 4.57 Å². The van der Waals surface area contributed by atoms with Gasteiger partial charge in [0, 0.05) is 0 Å². The van der Waals surface area contributed by atoms with E-state index in [9.17, 15) is 0 Å². The molecule has 0 saturated carbocycles. The van der Waals surface area contributed by atoms with Crippen molar-refractivity contribution in [3.8, 4) is 0 Å². The molecule has 0 heterocycles. The summed E-state index contributed by atoms with van der Waals surface area (Å²) in [6, 6.07) is 0. The van der Waals surface area contributed by atoms with E-state index in [4.69, 9.17) is 20.1 Å². The molecule has 0 aliphatic heterocycles. The van der Waals surface area contributed by atoms with E-state index < -0.39 is 8.97 Å². The van der Waals surface area contributed by atoms with Crippen LogP contribution in [0, 0.1) is 0 Å². The third kappa shape index (κ3) is 30.6. The predicted octanol–water partition coefficient (Wildman–Crippen LogP) is 5.37. The van der Waals surface area contributed by atoms with Crippen LogP contribution in [-0.2, 0) is 0 Å². The fourth-order valence-corrected chi connectivity index (χ4v) is 3.70. The van der Waals surface area contributed by atoms with Gasteiger partial charge in [0.15, 0.2) is 0 Å². The minimum Gasteiger partial charge on any atom is -0.377 e. The summed E-state index contributed by atoms with van der Waals surface area (Å²) in [5, 5.41) is 0. The number of nitrogens with two attached hydrogens (primary N) is 1. The summed E-state index contributed by atoms with van der Waals surface area (Å²) in [4.78, 5) is 25.8. The summed E-state index contributed by atoms with van der Waals surface area (Å²) in [5.74, 6) is 0. The SMILES string of the molecule is CCCCCCCCCCCCCCCCCCN.CCCN(C)[Si](O)(O)O.Cl. The Kier molecular flexibility index (Phi) is 30.8. The lowest BCUT2D eigenvalue weighted by Gasteiger charge is -2.20. The quantitative estimate of drug-likeness (QED) is 0.155. The summed E-state index contributed by atoms with van der Waals surface area (Å²) in [7, 11) is -2.47. The molecule has 29 heavy (non-hydrogen) atoms. The zero-order valence-electron chi connectivity index (χ0n) is 19.7. The maximum atomic E-state index is 8.59. The van der Waals surface area contributed by atoms with Crippen LogP contribution in [0.15, 0.2) is 0 Å². The summed E-state index contributed by atoms with van der Waals surface area (Å²) in [5.41, 5.74) is 5.48. The highest BCUT2D eigenvalue weighted by molar-refractivity contribution is 6.52. The van der Waals surface area contributed by atoms with Gasteiger partial charge in [-0.3, -0.25) is 4.57 Å². The third-order valence-electron chi connectivity index (χ3n) is 5.13. The highest BCUT2D eigenvalue weighted by Gasteiger charge is 2.33. The van der Waals surface area contributed by atoms with E-state index in [2.05, 4.69) is 6.92 Å². The van der Waals surface area contributed by atoms with Gasteiger partial charge in [0.25, 0.3) is 0 Å². The Labute approximate surface area is 189 Å². The second kappa shape index (κ2) is 26.3. The van der Waals surface area contributed by atoms with E-state index in [-0.39, 0.29) is 12.4 Å². The molecule has 0 amide bonds. The highest BCUT2D eigenvalue weighted by atomic mass is 35.5. The normalized spacial score (nSPS) is 11.2. The number of nitrogens with zero attached hydrogens (tertiary/aromatic N) is 1. The van der Waals surface area contributed by atoms with Crippen molar-refractivity contribution < 1.29 is 14.4 Å². The zero-order valence-corrected chi connectivity index (χ0v) is 21.5. The van der Waals surface area contributed by atoms with Crippen LogP contribution in [0.1, 0.15) is 123 Å². The van der Waals surface area contributed by atoms with Crippen molar-refractivity contribution in [3.05, 3.63) is 0 Å². The van der Waals surface area contributed by atoms with E-state index in [1.165, 1.54) is 114 Å². The molecule has 0 rings (SSSR count). The van der Waals surface area contributed by atoms with Crippen LogP contribution in [0.25, 0.3) is 0 Å². The maximum Gasteiger partial charge on any atom is 0.591 e. The first-order chi connectivity index (χ1) is 13.4. The first-order valence-corrected chi connectivity index (χ1v) is 13.8. The molecule has 0 saturated heterocycles. The molecule has 0 atom stereocenters. The number of unbranched alkanes of at least 4 members (excludes halogenated alkanes) is 15. The van der Waals surface area contributed by atoms with Crippen LogP contribution in [0.4, 0.5) is 0 Å². The topological polar surface area (TPSA) is 90.0 Å². The molecule has 0 aliphatic rings. The monoisotopic (exact) mass is 456 g/mol. The molecule has 180 valence electrons. The van der Waals surface area contributed by atoms with Crippen LogP contribution < -0.4 is 5.73 Å². The second-order valence-corrected chi connectivity index (χ2v) is 10.1. The number of hydrogen-bond acceptors (Lipinski definition) is 5. The molecular formula is C22H53ClN2O3Si. The Hall–Kier alpha value is 0.307. The Balaban J connectivity index is -0.000000572. The first kappa shape index (κ1) is 33.9. The minimum atomic E-state index is -3.95. The molecule has 7 heteroatoms. The molecule has 0 aromatic heterocycles. The van der Waals surface area contributed by atoms with Gasteiger partial charge in [-0.1, -0.05) is 110 Å². The lowest BCUT2D eigenvalue weighted by Crippen LogP contribution is -2.52. The van der Waals surface area contributed by atoms with Gasteiger partial charge < -0.3 is 20.1 Å². The van der Waals surface area contributed by atoms with Crippen molar-refractivity contribution in [1.29, 1.82) is 0 Å². The first-order valence-electron chi connectivity index (χ1n) is 12.0. The van der Waals surface area contributed by atoms with Gasteiger partial charge in [0.2, 0.25) is 0 Å². The molecule has 0 aromatic carbocycles. The fraction of sp³-hybridized carbons (Fsp3) is 1.00. The van der Waals surface area contributed by atoms with Crippen molar-refractivity contribution in [3.63, 3.8) is 0 Å². The van der Waals surface area contributed by atoms with Gasteiger partial charge in [0.1, 0.15) is 0 Å². The number of rotatable bonds is 19. The Bertz CT molecular complexity index is 280. The minimum absolute atomic E-state index is 0. The van der Waals surface area contributed by atoms with E-state index in [0.29, 0.717) is 6.54 Å². The molecule has 0 spiro atoms. The van der Waals surface area contributed by atoms with Gasteiger partial charge in [0.05, 0.1) is 0 Å². The molecule has 0 unspecified atom stereocenters. The van der Waals surface area contributed by atoms with Crippen molar-refractivity contribution in [2.75, 3.05) is 20.1 Å². The Morgan fingerprint density at radius 2 is 0.897 bits per heavy atom. The molecule has 5 N–H and O–H groups in total. The maximum absolute atomic E-state index is 8.59. The van der Waals surface area contributed by atoms with Gasteiger partial charge in [-0.15, -0.1) is 12.4 Å². The molecular weight excluding hydrogens is 404 g/mol. The van der Waals surface area contributed by atoms with Gasteiger partial charge in [-0.2, -0.15) is 0 Å². The standard InChI is InChI=1S/C18H39N.C4H13NO3Si.ClH/c1-2-3-4-5-6-7-8-9-10-11-12-13-14-15-16-17-18-19;1-3-4-5(2)9(6,7)8;/h2-19H2,1H3;6-8H,3-4H2,1-2H3;1H. The number of hydrogen-bond donors (Lipinski definition) is 4. The van der Waals surface area contributed by atoms with Crippen molar-refractivity contribution >= 4 is 21.4 Å². The molecule has 0 bridgehead atoms. The van der Waals surface area contributed by atoms with Crippen LogP contribution in [0.3, 0.4) is 0 Å². The fourth-order valence-electron chi connectivity index (χ4n) is 3.18. The van der Waals surface area contributed by atoms with Crippen LogP contribution in [0.5, 0.6) is 0 Å². The number of halogens is 1. The van der Waals surface area contributed by atoms with Gasteiger partial charge >= 0.3 is 8.97 Å². The summed E-state index contributed by atoms with van der Waals surface area (Å²) >= 11 is 0. The molecule has 0 aliphatic carbocycles. The molecule has 5 nitrogen and oxygen atoms in total. The predicted molar refractivity (Wildman–Crippen MR) is 131 cm³/mol. The largest absolute Gasteiger partial charge is 0.591 e. The molecule has 0 aromatic rings. The highest BCUT2D eigenvalue weighted by Crippen LogP contribution is 2.13. The molecule has 0 fully saturated rings. The van der Waals surface area contributed by atoms with Crippen molar-refractivity contribution in [2.24, 2.45) is 5.73 Å². The van der Waals surface area contributed by atoms with Crippen LogP contribution in [-0.4, -0.2) is 48.1 Å². The lowest BCUT2D eigenvalue weighted by molar-refractivity contribution is 0.146. The third-order valence-corrected chi connectivity index (χ3v) is 6.38. The summed E-state index contributed by atoms with van der Waals surface area (Å²) < 4.78 is 1.17. The van der Waals surface area contributed by atoms with Crippen LogP contribution >= 0.6 is 12.4 Å². The van der Waals surface area contributed by atoms with Gasteiger partial charge in [-0.05, 0) is 33.0 Å². The van der Waals surface area contributed by atoms with E-state index >= 15 is 0 Å². The Morgan fingerprint density at radius 3 is 1.10 bits per heavy atom. The van der Waals surface area contributed by atoms with E-state index in [1.807, 2.05) is 6.92 Å². The zero-order chi connectivity index (χ0) is 21.5.